The van der Waals surface area contributed by atoms with E-state index in [4.69, 9.17) is 10.5 Å². The highest BCUT2D eigenvalue weighted by Crippen LogP contribution is 2.29. The first kappa shape index (κ1) is 15.9. The highest BCUT2D eigenvalue weighted by molar-refractivity contribution is 5.96. The third-order valence-corrected chi connectivity index (χ3v) is 2.72. The Morgan fingerprint density at radius 2 is 2.15 bits per heavy atom. The van der Waals surface area contributed by atoms with Crippen LogP contribution in [0.2, 0.25) is 0 Å². The van der Waals surface area contributed by atoms with Crippen molar-refractivity contribution in [1.82, 2.24) is 0 Å². The van der Waals surface area contributed by atoms with Crippen LogP contribution in [0.5, 0.6) is 5.75 Å². The van der Waals surface area contributed by atoms with Gasteiger partial charge >= 0.3 is 0 Å². The van der Waals surface area contributed by atoms with Crippen molar-refractivity contribution in [3.63, 3.8) is 0 Å². The van der Waals surface area contributed by atoms with Gasteiger partial charge in [-0.2, -0.15) is 0 Å². The van der Waals surface area contributed by atoms with Gasteiger partial charge in [0.25, 0.3) is 5.69 Å². The van der Waals surface area contributed by atoms with Crippen molar-refractivity contribution < 1.29 is 14.5 Å². The fourth-order valence-electron chi connectivity index (χ4n) is 1.74. The topological polar surface area (TPSA) is 107 Å². The van der Waals surface area contributed by atoms with Gasteiger partial charge in [0.15, 0.2) is 0 Å². The van der Waals surface area contributed by atoms with Crippen molar-refractivity contribution >= 4 is 17.3 Å². The summed E-state index contributed by atoms with van der Waals surface area (Å²) in [7, 11) is 1.41. The molecule has 0 aliphatic heterocycles. The fraction of sp³-hybridized carbons (Fsp3) is 0.462. The number of anilines is 1. The maximum atomic E-state index is 11.9. The number of amides is 1. The van der Waals surface area contributed by atoms with E-state index in [1.165, 1.54) is 25.3 Å². The van der Waals surface area contributed by atoms with Crippen LogP contribution >= 0.6 is 0 Å². The summed E-state index contributed by atoms with van der Waals surface area (Å²) in [5.41, 5.74) is 5.63. The van der Waals surface area contributed by atoms with E-state index in [0.717, 1.165) is 0 Å². The largest absolute Gasteiger partial charge is 0.496 e. The molecule has 0 spiro atoms. The maximum absolute atomic E-state index is 11.9. The lowest BCUT2D eigenvalue weighted by Gasteiger charge is -2.14. The zero-order chi connectivity index (χ0) is 15.3. The molecule has 20 heavy (non-hydrogen) atoms. The van der Waals surface area contributed by atoms with Crippen molar-refractivity contribution in [2.24, 2.45) is 11.7 Å². The molecule has 3 N–H and O–H groups in total. The lowest BCUT2D eigenvalue weighted by atomic mass is 10.0. The lowest BCUT2D eigenvalue weighted by Crippen LogP contribution is -2.36. The van der Waals surface area contributed by atoms with Crippen LogP contribution in [0.1, 0.15) is 20.3 Å². The van der Waals surface area contributed by atoms with Gasteiger partial charge in [-0.25, -0.2) is 0 Å². The van der Waals surface area contributed by atoms with Crippen LogP contribution in [0, 0.1) is 16.0 Å². The van der Waals surface area contributed by atoms with Crippen LogP contribution in [-0.4, -0.2) is 24.0 Å². The van der Waals surface area contributed by atoms with Gasteiger partial charge in [0.05, 0.1) is 24.1 Å². The average molecular weight is 281 g/mol. The molecule has 0 aliphatic carbocycles. The van der Waals surface area contributed by atoms with Crippen molar-refractivity contribution in [2.45, 2.75) is 26.3 Å². The van der Waals surface area contributed by atoms with Crippen LogP contribution in [0.25, 0.3) is 0 Å². The molecular weight excluding hydrogens is 262 g/mol. The molecule has 0 saturated carbocycles. The number of carbonyl (C=O) groups excluding carboxylic acids is 1. The highest BCUT2D eigenvalue weighted by Gasteiger charge is 2.20. The molecule has 1 rings (SSSR count). The van der Waals surface area contributed by atoms with E-state index in [2.05, 4.69) is 5.32 Å². The van der Waals surface area contributed by atoms with E-state index in [9.17, 15) is 14.9 Å². The number of carbonyl (C=O) groups is 1. The molecule has 0 radical (unpaired) electrons. The first-order chi connectivity index (χ1) is 9.35. The fourth-order valence-corrected chi connectivity index (χ4v) is 1.74. The second-order valence-electron chi connectivity index (χ2n) is 4.87. The van der Waals surface area contributed by atoms with Gasteiger partial charge in [-0.3, -0.25) is 14.9 Å². The zero-order valence-electron chi connectivity index (χ0n) is 11.8. The Bertz CT molecular complexity index is 502. The Labute approximate surface area is 117 Å². The Kier molecular flexibility index (Phi) is 5.45. The minimum atomic E-state index is -0.697. The van der Waals surface area contributed by atoms with Crippen LogP contribution in [-0.2, 0) is 4.79 Å². The summed E-state index contributed by atoms with van der Waals surface area (Å²) in [5.74, 6) is 0.176. The number of benzene rings is 1. The Morgan fingerprint density at radius 1 is 1.50 bits per heavy atom. The molecule has 0 fully saturated rings. The number of hydrogen-bond acceptors (Lipinski definition) is 5. The molecule has 0 saturated heterocycles. The second kappa shape index (κ2) is 6.85. The third kappa shape index (κ3) is 4.20. The van der Waals surface area contributed by atoms with E-state index in [1.807, 2.05) is 13.8 Å². The standard InChI is InChI=1S/C13H19N3O4/c1-8(2)6-10(14)13(17)15-11-5-4-9(20-3)7-12(11)16(18)19/h4-5,7-8,10H,6,14H2,1-3H3,(H,15,17)/t10-/m0/s1. The van der Waals surface area contributed by atoms with Gasteiger partial charge < -0.3 is 15.8 Å². The number of nitrogens with one attached hydrogen (secondary N) is 1. The van der Waals surface area contributed by atoms with E-state index in [-0.39, 0.29) is 17.3 Å². The number of ether oxygens (including phenoxy) is 1. The number of rotatable bonds is 6. The molecule has 7 heteroatoms. The SMILES string of the molecule is COc1ccc(NC(=O)[C@@H](N)CC(C)C)c([N+](=O)[O-])c1. The first-order valence-electron chi connectivity index (χ1n) is 6.24. The normalized spacial score (nSPS) is 12.1. The maximum Gasteiger partial charge on any atom is 0.296 e. The van der Waals surface area contributed by atoms with Gasteiger partial charge in [-0.05, 0) is 24.5 Å². The lowest BCUT2D eigenvalue weighted by molar-refractivity contribution is -0.384. The van der Waals surface area contributed by atoms with Gasteiger partial charge in [-0.15, -0.1) is 0 Å². The van der Waals surface area contributed by atoms with Gasteiger partial charge in [-0.1, -0.05) is 13.8 Å². The highest BCUT2D eigenvalue weighted by atomic mass is 16.6. The molecule has 110 valence electrons. The zero-order valence-corrected chi connectivity index (χ0v) is 11.8. The van der Waals surface area contributed by atoms with Crippen LogP contribution in [0.4, 0.5) is 11.4 Å². The van der Waals surface area contributed by atoms with Crippen molar-refractivity contribution in [2.75, 3.05) is 12.4 Å². The third-order valence-electron chi connectivity index (χ3n) is 2.72. The van der Waals surface area contributed by atoms with E-state index < -0.39 is 16.9 Å². The van der Waals surface area contributed by atoms with Crippen molar-refractivity contribution in [3.05, 3.63) is 28.3 Å². The van der Waals surface area contributed by atoms with E-state index in [1.54, 1.807) is 0 Å². The number of hydrogen-bond donors (Lipinski definition) is 2. The molecule has 0 aromatic heterocycles. The minimum absolute atomic E-state index is 0.111. The Morgan fingerprint density at radius 3 is 2.65 bits per heavy atom. The smallest absolute Gasteiger partial charge is 0.296 e. The number of nitro groups is 1. The number of nitrogens with zero attached hydrogens (tertiary/aromatic N) is 1. The van der Waals surface area contributed by atoms with Crippen LogP contribution < -0.4 is 15.8 Å². The molecular formula is C13H19N3O4. The quantitative estimate of drug-likeness (QED) is 0.611. The second-order valence-corrected chi connectivity index (χ2v) is 4.87. The molecule has 1 atom stereocenters. The molecule has 0 heterocycles. The molecule has 0 bridgehead atoms. The van der Waals surface area contributed by atoms with Gasteiger partial charge in [0, 0.05) is 0 Å². The summed E-state index contributed by atoms with van der Waals surface area (Å²) in [6, 6.07) is 3.52. The Balaban J connectivity index is 2.91. The minimum Gasteiger partial charge on any atom is -0.496 e. The first-order valence-corrected chi connectivity index (χ1v) is 6.24. The van der Waals surface area contributed by atoms with Gasteiger partial charge in [0.2, 0.25) is 5.91 Å². The molecule has 1 aromatic rings. The molecule has 1 amide bonds. The molecule has 7 nitrogen and oxygen atoms in total. The summed E-state index contributed by atoms with van der Waals surface area (Å²) < 4.78 is 4.92. The Hall–Kier alpha value is -2.15. The number of methoxy groups -OCH3 is 1. The van der Waals surface area contributed by atoms with Crippen LogP contribution in [0.15, 0.2) is 18.2 Å². The molecule has 0 aliphatic rings. The summed E-state index contributed by atoms with van der Waals surface area (Å²) >= 11 is 0. The predicted molar refractivity (Wildman–Crippen MR) is 75.7 cm³/mol. The predicted octanol–water partition coefficient (Wildman–Crippen LogP) is 1.92. The monoisotopic (exact) mass is 281 g/mol. The van der Waals surface area contributed by atoms with E-state index >= 15 is 0 Å². The van der Waals surface area contributed by atoms with Crippen LogP contribution in [0.3, 0.4) is 0 Å². The average Bonchev–Trinajstić information content (AvgIpc) is 2.37. The summed E-state index contributed by atoms with van der Waals surface area (Å²) in [5, 5.41) is 13.5. The molecule has 0 unspecified atom stereocenters. The van der Waals surface area contributed by atoms with Crippen molar-refractivity contribution in [3.8, 4) is 5.75 Å². The summed E-state index contributed by atoms with van der Waals surface area (Å²) in [6.45, 7) is 3.89. The van der Waals surface area contributed by atoms with Crippen molar-refractivity contribution in [1.29, 1.82) is 0 Å². The van der Waals surface area contributed by atoms with Gasteiger partial charge in [0.1, 0.15) is 11.4 Å². The summed E-state index contributed by atoms with van der Waals surface area (Å²) in [6.07, 6.45) is 0.510. The summed E-state index contributed by atoms with van der Waals surface area (Å²) in [4.78, 5) is 22.3. The number of nitro benzene ring substituents is 1. The number of nitrogens with two attached hydrogens (primary N) is 1. The van der Waals surface area contributed by atoms with E-state index in [0.29, 0.717) is 12.2 Å². The molecule has 1 aromatic carbocycles.